The SMILES string of the molecule is CCCCCCCC/C=C\CCCCCCCC(=O)N(C)CCCCC. The molecular formula is C24H47NO. The molecule has 0 unspecified atom stereocenters. The number of carbonyl (C=O) groups is 1. The van der Waals surface area contributed by atoms with E-state index in [-0.39, 0.29) is 0 Å². The number of amides is 1. The number of nitrogens with zero attached hydrogens (tertiary/aromatic N) is 1. The summed E-state index contributed by atoms with van der Waals surface area (Å²) in [7, 11) is 1.95. The number of hydrogen-bond acceptors (Lipinski definition) is 1. The Kier molecular flexibility index (Phi) is 19.9. The van der Waals surface area contributed by atoms with Gasteiger partial charge in [-0.1, -0.05) is 90.2 Å². The predicted octanol–water partition coefficient (Wildman–Crippen LogP) is 7.67. The van der Waals surface area contributed by atoms with Gasteiger partial charge in [-0.05, 0) is 38.5 Å². The Balaban J connectivity index is 3.30. The molecule has 0 N–H and O–H groups in total. The summed E-state index contributed by atoms with van der Waals surface area (Å²) < 4.78 is 0. The minimum Gasteiger partial charge on any atom is -0.346 e. The first-order valence-corrected chi connectivity index (χ1v) is 11.6. The van der Waals surface area contributed by atoms with Gasteiger partial charge in [0.05, 0.1) is 0 Å². The van der Waals surface area contributed by atoms with Crippen molar-refractivity contribution in [3.63, 3.8) is 0 Å². The highest BCUT2D eigenvalue weighted by Crippen LogP contribution is 2.10. The number of carbonyl (C=O) groups excluding carboxylic acids is 1. The normalized spacial score (nSPS) is 11.3. The molecule has 2 nitrogen and oxygen atoms in total. The summed E-state index contributed by atoms with van der Waals surface area (Å²) in [5.41, 5.74) is 0. The van der Waals surface area contributed by atoms with Gasteiger partial charge in [0.2, 0.25) is 5.91 Å². The molecule has 2 heteroatoms. The Labute approximate surface area is 164 Å². The van der Waals surface area contributed by atoms with Crippen LogP contribution in [-0.2, 0) is 4.79 Å². The average molecular weight is 366 g/mol. The molecule has 0 aromatic heterocycles. The molecule has 154 valence electrons. The Morgan fingerprint density at radius 3 is 1.69 bits per heavy atom. The van der Waals surface area contributed by atoms with Crippen molar-refractivity contribution < 1.29 is 4.79 Å². The average Bonchev–Trinajstić information content (AvgIpc) is 2.64. The Bertz CT molecular complexity index is 324. The van der Waals surface area contributed by atoms with E-state index < -0.39 is 0 Å². The zero-order valence-corrected chi connectivity index (χ0v) is 18.2. The van der Waals surface area contributed by atoms with Crippen LogP contribution in [0.4, 0.5) is 0 Å². The van der Waals surface area contributed by atoms with Crippen LogP contribution < -0.4 is 0 Å². The molecular weight excluding hydrogens is 318 g/mol. The monoisotopic (exact) mass is 365 g/mol. The Hall–Kier alpha value is -0.790. The fourth-order valence-corrected chi connectivity index (χ4v) is 3.26. The molecule has 0 saturated carbocycles. The van der Waals surface area contributed by atoms with Crippen LogP contribution in [0.15, 0.2) is 12.2 Å². The van der Waals surface area contributed by atoms with Gasteiger partial charge < -0.3 is 4.90 Å². The molecule has 0 aliphatic rings. The van der Waals surface area contributed by atoms with Gasteiger partial charge in [0.1, 0.15) is 0 Å². The van der Waals surface area contributed by atoms with E-state index in [0.29, 0.717) is 5.91 Å². The summed E-state index contributed by atoms with van der Waals surface area (Å²) in [5, 5.41) is 0. The standard InChI is InChI=1S/C24H47NO/c1-4-6-8-9-10-11-12-13-14-15-16-17-18-19-20-22-24(26)25(3)23-21-7-5-2/h13-14H,4-12,15-23H2,1-3H3/b14-13-. The minimum absolute atomic E-state index is 0.332. The molecule has 0 bridgehead atoms. The molecule has 0 aliphatic carbocycles. The first-order chi connectivity index (χ1) is 12.7. The van der Waals surface area contributed by atoms with Gasteiger partial charge in [-0.15, -0.1) is 0 Å². The third-order valence-electron chi connectivity index (χ3n) is 5.18. The summed E-state index contributed by atoms with van der Waals surface area (Å²) in [6.45, 7) is 5.40. The third-order valence-corrected chi connectivity index (χ3v) is 5.18. The molecule has 0 atom stereocenters. The van der Waals surface area contributed by atoms with E-state index in [9.17, 15) is 4.79 Å². The van der Waals surface area contributed by atoms with Crippen LogP contribution in [-0.4, -0.2) is 24.4 Å². The van der Waals surface area contributed by atoms with Crippen LogP contribution in [0.5, 0.6) is 0 Å². The van der Waals surface area contributed by atoms with E-state index in [1.54, 1.807) is 0 Å². The molecule has 0 aromatic carbocycles. The van der Waals surface area contributed by atoms with E-state index >= 15 is 0 Å². The van der Waals surface area contributed by atoms with Crippen LogP contribution in [0.3, 0.4) is 0 Å². The maximum absolute atomic E-state index is 12.0. The lowest BCUT2D eigenvalue weighted by Crippen LogP contribution is -2.27. The largest absolute Gasteiger partial charge is 0.346 e. The van der Waals surface area contributed by atoms with Gasteiger partial charge in [0.15, 0.2) is 0 Å². The molecule has 0 aromatic rings. The van der Waals surface area contributed by atoms with Gasteiger partial charge in [-0.2, -0.15) is 0 Å². The molecule has 26 heavy (non-hydrogen) atoms. The van der Waals surface area contributed by atoms with Gasteiger partial charge in [0.25, 0.3) is 0 Å². The molecule has 0 rings (SSSR count). The third kappa shape index (κ3) is 18.0. The van der Waals surface area contributed by atoms with E-state index in [1.807, 2.05) is 11.9 Å². The topological polar surface area (TPSA) is 20.3 Å². The van der Waals surface area contributed by atoms with Crippen molar-refractivity contribution in [1.82, 2.24) is 4.90 Å². The van der Waals surface area contributed by atoms with Crippen molar-refractivity contribution in [3.05, 3.63) is 12.2 Å². The Morgan fingerprint density at radius 1 is 0.654 bits per heavy atom. The highest BCUT2D eigenvalue weighted by Gasteiger charge is 2.07. The first kappa shape index (κ1) is 25.2. The smallest absolute Gasteiger partial charge is 0.222 e. The zero-order chi connectivity index (χ0) is 19.3. The second-order valence-corrected chi connectivity index (χ2v) is 7.86. The van der Waals surface area contributed by atoms with E-state index in [1.165, 1.54) is 89.9 Å². The molecule has 1 amide bonds. The summed E-state index contributed by atoms with van der Waals surface area (Å²) in [5.74, 6) is 0.332. The fraction of sp³-hybridized carbons (Fsp3) is 0.875. The highest BCUT2D eigenvalue weighted by atomic mass is 16.2. The molecule has 0 spiro atoms. The molecule has 0 saturated heterocycles. The van der Waals surface area contributed by atoms with Crippen LogP contribution in [0, 0.1) is 0 Å². The Morgan fingerprint density at radius 2 is 1.12 bits per heavy atom. The molecule has 0 heterocycles. The van der Waals surface area contributed by atoms with Crippen LogP contribution in [0.25, 0.3) is 0 Å². The van der Waals surface area contributed by atoms with Crippen molar-refractivity contribution in [2.45, 2.75) is 123 Å². The number of hydrogen-bond donors (Lipinski definition) is 0. The van der Waals surface area contributed by atoms with Crippen LogP contribution in [0.1, 0.15) is 123 Å². The lowest BCUT2D eigenvalue weighted by atomic mass is 10.1. The summed E-state index contributed by atoms with van der Waals surface area (Å²) in [6, 6.07) is 0. The zero-order valence-electron chi connectivity index (χ0n) is 18.2. The van der Waals surface area contributed by atoms with Crippen molar-refractivity contribution in [2.24, 2.45) is 0 Å². The minimum atomic E-state index is 0.332. The second kappa shape index (κ2) is 20.5. The van der Waals surface area contributed by atoms with E-state index in [2.05, 4.69) is 26.0 Å². The highest BCUT2D eigenvalue weighted by molar-refractivity contribution is 5.75. The van der Waals surface area contributed by atoms with Gasteiger partial charge in [0, 0.05) is 20.0 Å². The first-order valence-electron chi connectivity index (χ1n) is 11.6. The van der Waals surface area contributed by atoms with Crippen molar-refractivity contribution >= 4 is 5.91 Å². The molecule has 0 aliphatic heterocycles. The summed E-state index contributed by atoms with van der Waals surface area (Å²) in [4.78, 5) is 13.9. The maximum atomic E-state index is 12.0. The van der Waals surface area contributed by atoms with E-state index in [0.717, 1.165) is 25.8 Å². The van der Waals surface area contributed by atoms with Crippen LogP contribution in [0.2, 0.25) is 0 Å². The van der Waals surface area contributed by atoms with Gasteiger partial charge >= 0.3 is 0 Å². The van der Waals surface area contributed by atoms with Crippen molar-refractivity contribution in [1.29, 1.82) is 0 Å². The van der Waals surface area contributed by atoms with Crippen molar-refractivity contribution in [3.8, 4) is 0 Å². The maximum Gasteiger partial charge on any atom is 0.222 e. The summed E-state index contributed by atoms with van der Waals surface area (Å²) in [6.07, 6.45) is 26.1. The van der Waals surface area contributed by atoms with Gasteiger partial charge in [-0.25, -0.2) is 0 Å². The van der Waals surface area contributed by atoms with E-state index in [4.69, 9.17) is 0 Å². The van der Waals surface area contributed by atoms with Gasteiger partial charge in [-0.3, -0.25) is 4.79 Å². The fourth-order valence-electron chi connectivity index (χ4n) is 3.26. The van der Waals surface area contributed by atoms with Crippen LogP contribution >= 0.6 is 0 Å². The summed E-state index contributed by atoms with van der Waals surface area (Å²) >= 11 is 0. The quantitative estimate of drug-likeness (QED) is 0.170. The lowest BCUT2D eigenvalue weighted by molar-refractivity contribution is -0.130. The molecule has 0 fully saturated rings. The van der Waals surface area contributed by atoms with Crippen molar-refractivity contribution in [2.75, 3.05) is 13.6 Å². The lowest BCUT2D eigenvalue weighted by Gasteiger charge is -2.16. The number of unbranched alkanes of at least 4 members (excludes halogenated alkanes) is 13. The molecule has 0 radical (unpaired) electrons. The number of rotatable bonds is 19. The predicted molar refractivity (Wildman–Crippen MR) is 117 cm³/mol. The number of allylic oxidation sites excluding steroid dienone is 2. The second-order valence-electron chi connectivity index (χ2n) is 7.86.